The lowest BCUT2D eigenvalue weighted by Crippen LogP contribution is -2.55. The van der Waals surface area contributed by atoms with Crippen LogP contribution in [-0.4, -0.2) is 42.2 Å². The number of aromatic nitrogens is 4. The highest BCUT2D eigenvalue weighted by atomic mass is 35.5. The first-order valence-corrected chi connectivity index (χ1v) is 8.66. The van der Waals surface area contributed by atoms with E-state index >= 15 is 0 Å². The molecule has 3 rings (SSSR count). The molecular weight excluding hydrogens is 354 g/mol. The van der Waals surface area contributed by atoms with Crippen LogP contribution in [0.25, 0.3) is 5.82 Å². The van der Waals surface area contributed by atoms with Crippen LogP contribution < -0.4 is 5.32 Å². The van der Waals surface area contributed by atoms with Crippen LogP contribution in [0.3, 0.4) is 0 Å². The molecule has 2 atom stereocenters. The molecule has 2 heterocycles. The number of aliphatic hydroxyl groups is 1. The molecule has 0 saturated heterocycles. The molecule has 0 bridgehead atoms. The van der Waals surface area contributed by atoms with Gasteiger partial charge in [0.25, 0.3) is 5.91 Å². The summed E-state index contributed by atoms with van der Waals surface area (Å²) < 4.78 is 1.70. The summed E-state index contributed by atoms with van der Waals surface area (Å²) >= 11 is 5.89. The Balaban J connectivity index is 1.91. The lowest BCUT2D eigenvalue weighted by molar-refractivity contribution is 0.0784. The van der Waals surface area contributed by atoms with Crippen molar-refractivity contribution in [1.29, 1.82) is 0 Å². The Bertz CT molecular complexity index is 905. The van der Waals surface area contributed by atoms with E-state index in [1.54, 1.807) is 42.1 Å². The van der Waals surface area contributed by atoms with Gasteiger partial charge in [-0.15, -0.1) is 0 Å². The molecule has 1 aliphatic rings. The Labute approximate surface area is 156 Å². The molecular formula is C18H20ClN5O2. The lowest BCUT2D eigenvalue weighted by atomic mass is 9.85. The van der Waals surface area contributed by atoms with Crippen LogP contribution in [0.1, 0.15) is 35.2 Å². The van der Waals surface area contributed by atoms with Crippen LogP contribution in [0.15, 0.2) is 36.7 Å². The van der Waals surface area contributed by atoms with Crippen molar-refractivity contribution in [3.63, 3.8) is 0 Å². The van der Waals surface area contributed by atoms with E-state index in [0.717, 1.165) is 5.56 Å². The number of imidazole rings is 1. The summed E-state index contributed by atoms with van der Waals surface area (Å²) in [5, 5.41) is 13.3. The second kappa shape index (κ2) is 7.01. The van der Waals surface area contributed by atoms with Crippen LogP contribution in [0.4, 0.5) is 0 Å². The Morgan fingerprint density at radius 2 is 2.15 bits per heavy atom. The number of amides is 1. The predicted molar refractivity (Wildman–Crippen MR) is 98.4 cm³/mol. The maximum absolute atomic E-state index is 12.8. The number of aliphatic hydroxyl groups excluding tert-OH is 1. The second-order valence-electron chi connectivity index (χ2n) is 6.23. The zero-order valence-electron chi connectivity index (χ0n) is 14.8. The van der Waals surface area contributed by atoms with Gasteiger partial charge in [0.1, 0.15) is 17.3 Å². The number of nitrogens with zero attached hydrogens (tertiary/aromatic N) is 4. The second-order valence-corrected chi connectivity index (χ2v) is 6.56. The SMILES string of the molecule is CCC1(NC(=O)c2cn(-c3nc(Cl)ncc3C)c(C)n2)C=CC=CC1O. The molecule has 136 valence electrons. The molecule has 2 aromatic rings. The fraction of sp³-hybridized carbons (Fsp3) is 0.333. The third-order valence-electron chi connectivity index (χ3n) is 4.52. The minimum atomic E-state index is -0.850. The van der Waals surface area contributed by atoms with Crippen LogP contribution in [0.5, 0.6) is 0 Å². The van der Waals surface area contributed by atoms with Gasteiger partial charge in [-0.2, -0.15) is 4.98 Å². The van der Waals surface area contributed by atoms with Gasteiger partial charge in [-0.1, -0.05) is 31.2 Å². The van der Waals surface area contributed by atoms with Crippen molar-refractivity contribution < 1.29 is 9.90 Å². The van der Waals surface area contributed by atoms with Gasteiger partial charge in [0.15, 0.2) is 0 Å². The maximum Gasteiger partial charge on any atom is 0.272 e. The van der Waals surface area contributed by atoms with Crippen molar-refractivity contribution in [2.45, 2.75) is 38.8 Å². The number of aryl methyl sites for hydroxylation is 2. The molecule has 8 heteroatoms. The third-order valence-corrected chi connectivity index (χ3v) is 4.70. The molecule has 2 unspecified atom stereocenters. The number of allylic oxidation sites excluding steroid dienone is 2. The summed E-state index contributed by atoms with van der Waals surface area (Å²) in [6.07, 6.45) is 9.99. The minimum Gasteiger partial charge on any atom is -0.386 e. The number of nitrogens with one attached hydrogen (secondary N) is 1. The third kappa shape index (κ3) is 3.27. The first-order valence-electron chi connectivity index (χ1n) is 8.28. The van der Waals surface area contributed by atoms with Crippen molar-refractivity contribution in [1.82, 2.24) is 24.8 Å². The fourth-order valence-electron chi connectivity index (χ4n) is 2.93. The average Bonchev–Trinajstić information content (AvgIpc) is 3.01. The molecule has 7 nitrogen and oxygen atoms in total. The standard InChI is InChI=1S/C18H20ClN5O2/c1-4-18(8-6-5-7-14(18)25)23-16(26)13-10-24(12(3)21-13)15-11(2)9-20-17(19)22-15/h5-10,14,25H,4H2,1-3H3,(H,23,26). The van der Waals surface area contributed by atoms with Gasteiger partial charge >= 0.3 is 0 Å². The van der Waals surface area contributed by atoms with Gasteiger partial charge in [-0.25, -0.2) is 9.97 Å². The van der Waals surface area contributed by atoms with Crippen LogP contribution in [-0.2, 0) is 0 Å². The first-order chi connectivity index (χ1) is 12.4. The molecule has 0 fully saturated rings. The predicted octanol–water partition coefficient (Wildman–Crippen LogP) is 2.30. The van der Waals surface area contributed by atoms with Gasteiger partial charge < -0.3 is 10.4 Å². The maximum atomic E-state index is 12.8. The van der Waals surface area contributed by atoms with E-state index < -0.39 is 11.6 Å². The topological polar surface area (TPSA) is 92.9 Å². The molecule has 1 aliphatic carbocycles. The molecule has 0 spiro atoms. The largest absolute Gasteiger partial charge is 0.386 e. The monoisotopic (exact) mass is 373 g/mol. The summed E-state index contributed by atoms with van der Waals surface area (Å²) in [7, 11) is 0. The first kappa shape index (κ1) is 18.3. The summed E-state index contributed by atoms with van der Waals surface area (Å²) in [4.78, 5) is 25.3. The molecule has 0 saturated carbocycles. The number of carbonyl (C=O) groups is 1. The van der Waals surface area contributed by atoms with E-state index in [2.05, 4.69) is 20.3 Å². The normalized spacial score (nSPS) is 21.8. The number of carbonyl (C=O) groups excluding carboxylic acids is 1. The van der Waals surface area contributed by atoms with Gasteiger partial charge in [0.2, 0.25) is 5.28 Å². The van der Waals surface area contributed by atoms with Crippen molar-refractivity contribution in [3.8, 4) is 5.82 Å². The van der Waals surface area contributed by atoms with Gasteiger partial charge in [-0.05, 0) is 31.9 Å². The van der Waals surface area contributed by atoms with E-state index in [0.29, 0.717) is 18.1 Å². The average molecular weight is 374 g/mol. The van der Waals surface area contributed by atoms with Crippen molar-refractivity contribution in [2.75, 3.05) is 0 Å². The number of hydrogen-bond donors (Lipinski definition) is 2. The smallest absolute Gasteiger partial charge is 0.272 e. The van der Waals surface area contributed by atoms with Crippen molar-refractivity contribution in [3.05, 3.63) is 59.1 Å². The number of halogens is 1. The van der Waals surface area contributed by atoms with E-state index in [4.69, 9.17) is 11.6 Å². The van der Waals surface area contributed by atoms with Gasteiger partial charge in [-0.3, -0.25) is 9.36 Å². The fourth-order valence-corrected chi connectivity index (χ4v) is 3.05. The summed E-state index contributed by atoms with van der Waals surface area (Å²) in [6.45, 7) is 5.54. The highest BCUT2D eigenvalue weighted by Gasteiger charge is 2.36. The highest BCUT2D eigenvalue weighted by molar-refractivity contribution is 6.28. The molecule has 0 aliphatic heterocycles. The lowest BCUT2D eigenvalue weighted by Gasteiger charge is -2.35. The van der Waals surface area contributed by atoms with E-state index in [-0.39, 0.29) is 16.9 Å². The quantitative estimate of drug-likeness (QED) is 0.802. The Hall–Kier alpha value is -2.51. The van der Waals surface area contributed by atoms with Crippen LogP contribution in [0.2, 0.25) is 5.28 Å². The zero-order chi connectivity index (χ0) is 18.9. The summed E-state index contributed by atoms with van der Waals surface area (Å²) in [5.74, 6) is 0.795. The Kier molecular flexibility index (Phi) is 4.93. The number of hydrogen-bond acceptors (Lipinski definition) is 5. The Morgan fingerprint density at radius 1 is 1.38 bits per heavy atom. The van der Waals surface area contributed by atoms with Crippen LogP contribution in [0, 0.1) is 13.8 Å². The zero-order valence-corrected chi connectivity index (χ0v) is 15.5. The molecule has 1 amide bonds. The molecule has 26 heavy (non-hydrogen) atoms. The number of rotatable bonds is 4. The summed E-state index contributed by atoms with van der Waals surface area (Å²) in [6, 6.07) is 0. The molecule has 2 N–H and O–H groups in total. The Morgan fingerprint density at radius 3 is 2.85 bits per heavy atom. The van der Waals surface area contributed by atoms with Crippen molar-refractivity contribution in [2.24, 2.45) is 0 Å². The molecule has 2 aromatic heterocycles. The van der Waals surface area contributed by atoms with E-state index in [9.17, 15) is 9.90 Å². The molecule has 0 radical (unpaired) electrons. The van der Waals surface area contributed by atoms with E-state index in [1.165, 1.54) is 0 Å². The minimum absolute atomic E-state index is 0.122. The van der Waals surface area contributed by atoms with Gasteiger partial charge in [0.05, 0.1) is 11.6 Å². The summed E-state index contributed by atoms with van der Waals surface area (Å²) in [5.41, 5.74) is 0.194. The van der Waals surface area contributed by atoms with Gasteiger partial charge in [0, 0.05) is 18.0 Å². The van der Waals surface area contributed by atoms with Crippen LogP contribution >= 0.6 is 11.6 Å². The van der Waals surface area contributed by atoms with E-state index in [1.807, 2.05) is 19.9 Å². The van der Waals surface area contributed by atoms with Crippen molar-refractivity contribution >= 4 is 17.5 Å². The highest BCUT2D eigenvalue weighted by Crippen LogP contribution is 2.23. The molecule has 0 aromatic carbocycles.